The fraction of sp³-hybridized carbons (Fsp3) is 0.841. The average Bonchev–Trinajstić information content (AvgIpc) is 3.19. The SMILES string of the molecule is CCC(COCC(C)N)(COCC(C)N)COCC(C)NC(=O)NC1CC(C)(C)CC(C)(CNC(=O)OCCCc2ccc[n+](CCCOCC(F)(OCC(F)(F)C(F)(F)F)C(F)(F)F)c2)C1. The number of urea groups is 1. The number of alkyl carbamates (subject to hydrolysis) is 1. The number of hydrogen-bond acceptors (Lipinski definition) is 10. The monoisotopic (exact) mass is 986 g/mol. The highest BCUT2D eigenvalue weighted by Gasteiger charge is 2.63. The summed E-state index contributed by atoms with van der Waals surface area (Å²) < 4.78 is 150. The second-order valence-electron chi connectivity index (χ2n) is 19.3. The topological polar surface area (TPSA) is 182 Å². The normalized spacial score (nSPS) is 21.1. The highest BCUT2D eigenvalue weighted by Crippen LogP contribution is 2.46. The number of hydrogen-bond donors (Lipinski definition) is 5. The number of alkyl halides is 9. The van der Waals surface area contributed by atoms with Crippen molar-refractivity contribution in [3.05, 3.63) is 30.1 Å². The molecule has 1 aromatic heterocycles. The molecule has 2 rings (SSSR count). The van der Waals surface area contributed by atoms with Crippen LogP contribution < -0.4 is 32.0 Å². The van der Waals surface area contributed by atoms with Crippen molar-refractivity contribution >= 4 is 12.1 Å². The van der Waals surface area contributed by atoms with E-state index in [1.54, 1.807) is 29.1 Å². The number of rotatable bonds is 30. The van der Waals surface area contributed by atoms with E-state index in [2.05, 4.69) is 46.2 Å². The number of amides is 3. The molecule has 3 amide bonds. The number of aryl methyl sites for hydroxylation is 2. The third-order valence-electron chi connectivity index (χ3n) is 11.0. The molecule has 0 radical (unpaired) electrons. The van der Waals surface area contributed by atoms with Crippen LogP contribution >= 0.6 is 0 Å². The van der Waals surface area contributed by atoms with Crippen molar-refractivity contribution < 1.29 is 82.1 Å². The van der Waals surface area contributed by atoms with Crippen molar-refractivity contribution in [2.24, 2.45) is 27.7 Å². The third-order valence-corrected chi connectivity index (χ3v) is 11.0. The minimum absolute atomic E-state index is 0.0265. The highest BCUT2D eigenvalue weighted by atomic mass is 19.4. The smallest absolute Gasteiger partial charge is 0.450 e. The van der Waals surface area contributed by atoms with Crippen LogP contribution in [-0.4, -0.2) is 133 Å². The van der Waals surface area contributed by atoms with Crippen LogP contribution in [0.15, 0.2) is 24.5 Å². The van der Waals surface area contributed by atoms with E-state index in [1.165, 1.54) is 0 Å². The molecule has 1 heterocycles. The van der Waals surface area contributed by atoms with Crippen LogP contribution in [0.5, 0.6) is 0 Å². The van der Waals surface area contributed by atoms with Crippen LogP contribution in [0.25, 0.3) is 0 Å². The maximum absolute atomic E-state index is 14.4. The number of nitrogens with two attached hydrogens (primary N) is 2. The zero-order valence-corrected chi connectivity index (χ0v) is 39.8. The van der Waals surface area contributed by atoms with Gasteiger partial charge in [-0.25, -0.2) is 14.2 Å². The van der Waals surface area contributed by atoms with Gasteiger partial charge in [-0.1, -0.05) is 27.7 Å². The first-order chi connectivity index (χ1) is 30.9. The van der Waals surface area contributed by atoms with E-state index in [1.807, 2.05) is 27.7 Å². The van der Waals surface area contributed by atoms with Gasteiger partial charge in [0.05, 0.1) is 58.9 Å². The molecule has 1 aromatic rings. The molecule has 6 unspecified atom stereocenters. The maximum Gasteiger partial charge on any atom is 0.455 e. The lowest BCUT2D eigenvalue weighted by atomic mass is 9.62. The minimum atomic E-state index is -6.24. The van der Waals surface area contributed by atoms with Gasteiger partial charge in [0.25, 0.3) is 0 Å². The van der Waals surface area contributed by atoms with Crippen molar-refractivity contribution in [1.29, 1.82) is 0 Å². The summed E-state index contributed by atoms with van der Waals surface area (Å²) in [4.78, 5) is 25.9. The molecule has 1 aliphatic rings. The molecule has 1 aliphatic carbocycles. The number of nitrogens with one attached hydrogen (secondary N) is 3. The summed E-state index contributed by atoms with van der Waals surface area (Å²) in [6, 6.07) is 2.48. The Labute approximate surface area is 388 Å². The summed E-state index contributed by atoms with van der Waals surface area (Å²) in [5.41, 5.74) is 11.7. The number of halogens is 9. The van der Waals surface area contributed by atoms with E-state index in [-0.39, 0.29) is 67.2 Å². The van der Waals surface area contributed by atoms with Gasteiger partial charge >= 0.3 is 36.3 Å². The molecule has 67 heavy (non-hydrogen) atoms. The van der Waals surface area contributed by atoms with Crippen molar-refractivity contribution in [2.45, 2.75) is 148 Å². The molecule has 0 bridgehead atoms. The molecule has 1 saturated carbocycles. The number of pyridine rings is 1. The van der Waals surface area contributed by atoms with Crippen molar-refractivity contribution in [2.75, 3.05) is 72.6 Å². The summed E-state index contributed by atoms with van der Waals surface area (Å²) >= 11 is 0. The number of carbonyl (C=O) groups excluding carboxylic acids is 2. The number of carbonyl (C=O) groups is 2. The number of aromatic nitrogens is 1. The van der Waals surface area contributed by atoms with Gasteiger partial charge in [-0.2, -0.15) is 39.5 Å². The van der Waals surface area contributed by atoms with Gasteiger partial charge in [0, 0.05) is 48.1 Å². The first kappa shape index (κ1) is 59.9. The Balaban J connectivity index is 1.78. The third kappa shape index (κ3) is 22.4. The van der Waals surface area contributed by atoms with Gasteiger partial charge in [0.2, 0.25) is 0 Å². The summed E-state index contributed by atoms with van der Waals surface area (Å²) in [6.45, 7) is 11.4. The van der Waals surface area contributed by atoms with Gasteiger partial charge in [-0.15, -0.1) is 0 Å². The predicted molar refractivity (Wildman–Crippen MR) is 230 cm³/mol. The molecule has 14 nitrogen and oxygen atoms in total. The quantitative estimate of drug-likeness (QED) is 0.0309. The van der Waals surface area contributed by atoms with Crippen LogP contribution in [0.1, 0.15) is 92.6 Å². The van der Waals surface area contributed by atoms with E-state index in [4.69, 9.17) is 30.4 Å². The standard InChI is InChI=1S/C44H73F9N6O8/c1-8-40(26-63-21-31(2)54,27-64-22-32(3)55)28-65-23-33(4)57-36(60)58-35-18-38(5,6)24-39(7,19-35)25-56-37(61)66-17-10-13-34-12-9-14-59(20-34)15-11-16-62-30-42(47,44(51,52)53)67-29-41(45,46)43(48,49)50/h9,12,14,20,31-33,35H,8,10-11,13,15-19,21-30,54-55H2,1-7H3,(H2-,56,57,58,60,61)/p+1. The molecule has 0 aliphatic heterocycles. The van der Waals surface area contributed by atoms with Crippen LogP contribution in [0.2, 0.25) is 0 Å². The zero-order valence-electron chi connectivity index (χ0n) is 39.8. The number of ether oxygens (including phenoxy) is 6. The summed E-state index contributed by atoms with van der Waals surface area (Å²) in [5.74, 6) is -10.6. The van der Waals surface area contributed by atoms with Crippen LogP contribution in [0, 0.1) is 16.2 Å². The Morgan fingerprint density at radius 3 is 2.00 bits per heavy atom. The zero-order chi connectivity index (χ0) is 50.7. The molecule has 0 spiro atoms. The first-order valence-corrected chi connectivity index (χ1v) is 22.6. The molecule has 1 fully saturated rings. The van der Waals surface area contributed by atoms with Crippen molar-refractivity contribution in [1.82, 2.24) is 16.0 Å². The van der Waals surface area contributed by atoms with E-state index < -0.39 is 55.5 Å². The minimum Gasteiger partial charge on any atom is -0.450 e. The van der Waals surface area contributed by atoms with E-state index in [9.17, 15) is 49.1 Å². The summed E-state index contributed by atoms with van der Waals surface area (Å²) in [6.07, 6.45) is -5.58. The van der Waals surface area contributed by atoms with Crippen LogP contribution in [0.4, 0.5) is 49.1 Å². The molecule has 6 atom stereocenters. The Hall–Kier alpha value is -3.22. The molecule has 390 valence electrons. The molecular weight excluding hydrogens is 912 g/mol. The fourth-order valence-electron chi connectivity index (χ4n) is 7.85. The van der Waals surface area contributed by atoms with Gasteiger partial charge in [-0.3, -0.25) is 0 Å². The summed E-state index contributed by atoms with van der Waals surface area (Å²) in [5, 5.41) is 8.96. The van der Waals surface area contributed by atoms with E-state index >= 15 is 0 Å². The lowest BCUT2D eigenvalue weighted by Crippen LogP contribution is -2.53. The Bertz CT molecular complexity index is 1610. The molecular formula is C44H74F9N6O8+. The lowest BCUT2D eigenvalue weighted by Gasteiger charge is -2.46. The van der Waals surface area contributed by atoms with Gasteiger partial charge in [0.1, 0.15) is 13.2 Å². The Morgan fingerprint density at radius 1 is 0.821 bits per heavy atom. The van der Waals surface area contributed by atoms with E-state index in [0.29, 0.717) is 58.8 Å². The van der Waals surface area contributed by atoms with Gasteiger partial charge < -0.3 is 55.8 Å². The summed E-state index contributed by atoms with van der Waals surface area (Å²) in [7, 11) is 0. The van der Waals surface area contributed by atoms with Gasteiger partial charge in [0.15, 0.2) is 18.9 Å². The highest BCUT2D eigenvalue weighted by molar-refractivity contribution is 5.74. The molecule has 0 saturated heterocycles. The number of nitrogens with zero attached hydrogens (tertiary/aromatic N) is 1. The molecule has 0 aromatic carbocycles. The second-order valence-corrected chi connectivity index (χ2v) is 19.3. The van der Waals surface area contributed by atoms with Crippen LogP contribution in [0.3, 0.4) is 0 Å². The predicted octanol–water partition coefficient (Wildman–Crippen LogP) is 6.90. The molecule has 7 N–H and O–H groups in total. The van der Waals surface area contributed by atoms with Crippen molar-refractivity contribution in [3.63, 3.8) is 0 Å². The fourth-order valence-corrected chi connectivity index (χ4v) is 7.85. The maximum atomic E-state index is 14.4. The van der Waals surface area contributed by atoms with Crippen LogP contribution in [-0.2, 0) is 41.4 Å². The second kappa shape index (κ2) is 26.7. The van der Waals surface area contributed by atoms with Crippen molar-refractivity contribution in [3.8, 4) is 0 Å². The Morgan fingerprint density at radius 2 is 1.43 bits per heavy atom. The lowest BCUT2D eigenvalue weighted by molar-refractivity contribution is -0.698. The first-order valence-electron chi connectivity index (χ1n) is 22.6. The van der Waals surface area contributed by atoms with Gasteiger partial charge in [-0.05, 0) is 76.2 Å². The largest absolute Gasteiger partial charge is 0.455 e. The van der Waals surface area contributed by atoms with E-state index in [0.717, 1.165) is 24.8 Å². The molecule has 23 heteroatoms. The average molecular weight is 986 g/mol. The Kier molecular flexibility index (Phi) is 23.8.